The molecule has 0 aromatic heterocycles. The Bertz CT molecular complexity index is 37.7. The fourth-order valence-corrected chi connectivity index (χ4v) is 1.30. The Morgan fingerprint density at radius 3 is 2.38 bits per heavy atom. The zero-order valence-electron chi connectivity index (χ0n) is 5.85. The molecule has 0 bridgehead atoms. The summed E-state index contributed by atoms with van der Waals surface area (Å²) >= 11 is 4.15. The minimum atomic E-state index is 0.887. The number of thiol groups is 1. The van der Waals surface area contributed by atoms with Crippen molar-refractivity contribution in [3.05, 3.63) is 0 Å². The van der Waals surface area contributed by atoms with Gasteiger partial charge in [-0.2, -0.15) is 12.6 Å². The van der Waals surface area contributed by atoms with Gasteiger partial charge in [-0.05, 0) is 18.1 Å². The lowest BCUT2D eigenvalue weighted by Crippen LogP contribution is -1.93. The van der Waals surface area contributed by atoms with Crippen LogP contribution < -0.4 is 0 Å². The Balaban J connectivity index is 2.92. The highest BCUT2D eigenvalue weighted by molar-refractivity contribution is 7.80. The molecular weight excluding hydrogens is 116 g/mol. The largest absolute Gasteiger partial charge is 0.179 e. The van der Waals surface area contributed by atoms with Gasteiger partial charge in [-0.3, -0.25) is 0 Å². The summed E-state index contributed by atoms with van der Waals surface area (Å²) in [7, 11) is 0. The molecule has 0 rings (SSSR count). The van der Waals surface area contributed by atoms with Crippen molar-refractivity contribution in [3.8, 4) is 0 Å². The summed E-state index contributed by atoms with van der Waals surface area (Å²) in [5.41, 5.74) is 0. The van der Waals surface area contributed by atoms with Crippen molar-refractivity contribution in [2.45, 2.75) is 33.1 Å². The van der Waals surface area contributed by atoms with Crippen molar-refractivity contribution in [2.24, 2.45) is 5.92 Å². The molecule has 0 heterocycles. The van der Waals surface area contributed by atoms with Crippen LogP contribution in [0.15, 0.2) is 0 Å². The lowest BCUT2D eigenvalue weighted by atomic mass is 10.0. The first kappa shape index (κ1) is 8.35. The molecule has 0 nitrogen and oxygen atoms in total. The van der Waals surface area contributed by atoms with Gasteiger partial charge in [0.25, 0.3) is 0 Å². The Morgan fingerprint density at radius 1 is 1.38 bits per heavy atom. The Labute approximate surface area is 58.1 Å². The summed E-state index contributed by atoms with van der Waals surface area (Å²) in [5, 5.41) is 0. The summed E-state index contributed by atoms with van der Waals surface area (Å²) in [5.74, 6) is 1.93. The zero-order chi connectivity index (χ0) is 6.41. The van der Waals surface area contributed by atoms with E-state index >= 15 is 0 Å². The summed E-state index contributed by atoms with van der Waals surface area (Å²) in [4.78, 5) is 0. The topological polar surface area (TPSA) is 0 Å². The molecule has 0 aliphatic carbocycles. The molecule has 0 N–H and O–H groups in total. The van der Waals surface area contributed by atoms with E-state index in [-0.39, 0.29) is 0 Å². The van der Waals surface area contributed by atoms with E-state index in [9.17, 15) is 0 Å². The molecule has 0 radical (unpaired) electrons. The molecule has 1 unspecified atom stereocenters. The molecule has 0 aliphatic rings. The van der Waals surface area contributed by atoms with Crippen LogP contribution in [-0.4, -0.2) is 5.75 Å². The van der Waals surface area contributed by atoms with Gasteiger partial charge in [0.05, 0.1) is 0 Å². The van der Waals surface area contributed by atoms with Gasteiger partial charge in [-0.25, -0.2) is 0 Å². The Hall–Kier alpha value is 0.350. The van der Waals surface area contributed by atoms with E-state index in [1.165, 1.54) is 19.3 Å². The van der Waals surface area contributed by atoms with Gasteiger partial charge in [0.1, 0.15) is 0 Å². The van der Waals surface area contributed by atoms with Gasteiger partial charge in [-0.1, -0.05) is 26.7 Å². The molecule has 0 aliphatic heterocycles. The van der Waals surface area contributed by atoms with Crippen LogP contribution >= 0.6 is 12.6 Å². The molecule has 0 saturated carbocycles. The first-order valence-electron chi connectivity index (χ1n) is 3.42. The van der Waals surface area contributed by atoms with Crippen LogP contribution in [0.25, 0.3) is 0 Å². The predicted molar refractivity (Wildman–Crippen MR) is 42.5 cm³/mol. The van der Waals surface area contributed by atoms with E-state index in [1.807, 2.05) is 0 Å². The van der Waals surface area contributed by atoms with Crippen LogP contribution in [0.2, 0.25) is 0 Å². The molecule has 1 atom stereocenters. The van der Waals surface area contributed by atoms with Gasteiger partial charge in [0, 0.05) is 0 Å². The van der Waals surface area contributed by atoms with Crippen molar-refractivity contribution < 1.29 is 0 Å². The lowest BCUT2D eigenvalue weighted by Gasteiger charge is -2.05. The lowest BCUT2D eigenvalue weighted by molar-refractivity contribution is 0.513. The minimum Gasteiger partial charge on any atom is -0.179 e. The van der Waals surface area contributed by atoms with Gasteiger partial charge in [0.2, 0.25) is 0 Å². The molecule has 0 saturated heterocycles. The maximum Gasteiger partial charge on any atom is -0.00954 e. The van der Waals surface area contributed by atoms with Gasteiger partial charge in [0.15, 0.2) is 0 Å². The van der Waals surface area contributed by atoms with Gasteiger partial charge >= 0.3 is 0 Å². The van der Waals surface area contributed by atoms with Crippen molar-refractivity contribution >= 4 is 12.6 Å². The van der Waals surface area contributed by atoms with Crippen LogP contribution in [0.5, 0.6) is 0 Å². The fraction of sp³-hybridized carbons (Fsp3) is 1.00. The second kappa shape index (κ2) is 5.49. The first-order chi connectivity index (χ1) is 3.81. The molecule has 0 aromatic rings. The normalized spacial score (nSPS) is 13.9. The first-order valence-corrected chi connectivity index (χ1v) is 4.05. The van der Waals surface area contributed by atoms with E-state index in [1.54, 1.807) is 0 Å². The van der Waals surface area contributed by atoms with Crippen molar-refractivity contribution in [2.75, 3.05) is 5.75 Å². The van der Waals surface area contributed by atoms with Gasteiger partial charge in [-0.15, -0.1) is 0 Å². The molecular formula is C7H16S. The summed E-state index contributed by atoms with van der Waals surface area (Å²) in [6.45, 7) is 4.52. The number of rotatable bonds is 4. The van der Waals surface area contributed by atoms with Crippen molar-refractivity contribution in [3.63, 3.8) is 0 Å². The van der Waals surface area contributed by atoms with Crippen LogP contribution in [-0.2, 0) is 0 Å². The minimum absolute atomic E-state index is 0.887. The zero-order valence-corrected chi connectivity index (χ0v) is 6.75. The quantitative estimate of drug-likeness (QED) is 0.559. The Kier molecular flexibility index (Phi) is 5.73. The van der Waals surface area contributed by atoms with Crippen LogP contribution in [0.1, 0.15) is 33.1 Å². The maximum absolute atomic E-state index is 4.15. The Morgan fingerprint density at radius 2 is 2.00 bits per heavy atom. The second-order valence-electron chi connectivity index (χ2n) is 2.41. The molecule has 0 spiro atoms. The van der Waals surface area contributed by atoms with E-state index in [0.29, 0.717) is 0 Å². The van der Waals surface area contributed by atoms with E-state index in [0.717, 1.165) is 11.7 Å². The number of hydrogen-bond donors (Lipinski definition) is 1. The van der Waals surface area contributed by atoms with E-state index < -0.39 is 0 Å². The summed E-state index contributed by atoms with van der Waals surface area (Å²) in [6, 6.07) is 0. The SMILES string of the molecule is CCCC(C)CCS. The smallest absolute Gasteiger partial charge is 0.00954 e. The van der Waals surface area contributed by atoms with E-state index in [4.69, 9.17) is 0 Å². The molecule has 1 heteroatoms. The molecule has 50 valence electrons. The maximum atomic E-state index is 4.15. The average Bonchev–Trinajstić information content (AvgIpc) is 1.68. The van der Waals surface area contributed by atoms with Crippen LogP contribution in [0, 0.1) is 5.92 Å². The highest BCUT2D eigenvalue weighted by Gasteiger charge is 1.96. The summed E-state index contributed by atoms with van der Waals surface area (Å²) in [6.07, 6.45) is 3.95. The molecule has 0 amide bonds. The van der Waals surface area contributed by atoms with E-state index in [2.05, 4.69) is 26.5 Å². The summed E-state index contributed by atoms with van der Waals surface area (Å²) < 4.78 is 0. The monoisotopic (exact) mass is 132 g/mol. The molecule has 0 aromatic carbocycles. The highest BCUT2D eigenvalue weighted by Crippen LogP contribution is 2.09. The average molecular weight is 132 g/mol. The van der Waals surface area contributed by atoms with Crippen molar-refractivity contribution in [1.82, 2.24) is 0 Å². The second-order valence-corrected chi connectivity index (χ2v) is 2.85. The molecule has 0 fully saturated rings. The van der Waals surface area contributed by atoms with Crippen LogP contribution in [0.3, 0.4) is 0 Å². The third-order valence-electron chi connectivity index (χ3n) is 1.40. The van der Waals surface area contributed by atoms with Crippen molar-refractivity contribution in [1.29, 1.82) is 0 Å². The third kappa shape index (κ3) is 4.51. The van der Waals surface area contributed by atoms with Crippen LogP contribution in [0.4, 0.5) is 0 Å². The molecule has 8 heavy (non-hydrogen) atoms. The third-order valence-corrected chi connectivity index (χ3v) is 1.66. The number of hydrogen-bond acceptors (Lipinski definition) is 1. The fourth-order valence-electron chi connectivity index (χ4n) is 0.858. The predicted octanol–water partition coefficient (Wildman–Crippen LogP) is 2.74. The highest BCUT2D eigenvalue weighted by atomic mass is 32.1. The van der Waals surface area contributed by atoms with Gasteiger partial charge < -0.3 is 0 Å². The standard InChI is InChI=1S/C7H16S/c1-3-4-7(2)5-6-8/h7-8H,3-6H2,1-2H3.